The van der Waals surface area contributed by atoms with Gasteiger partial charge in [0.1, 0.15) is 4.90 Å². The fraction of sp³-hybridized carbons (Fsp3) is 0.538. The maximum absolute atomic E-state index is 11.2. The van der Waals surface area contributed by atoms with Crippen LogP contribution < -0.4 is 16.2 Å². The van der Waals surface area contributed by atoms with Gasteiger partial charge in [-0.1, -0.05) is 19.3 Å². The van der Waals surface area contributed by atoms with Gasteiger partial charge in [0.15, 0.2) is 0 Å². The molecule has 1 aliphatic rings. The molecular weight excluding hydrogens is 262 g/mol. The number of nitrogens with one attached hydrogen (secondary N) is 1. The fourth-order valence-corrected chi connectivity index (χ4v) is 3.22. The van der Waals surface area contributed by atoms with Crippen molar-refractivity contribution in [3.8, 4) is 0 Å². The van der Waals surface area contributed by atoms with Gasteiger partial charge in [-0.3, -0.25) is 0 Å². The SMILES string of the molecule is Nc1cc(NCC2CCCCC2)ccc1S(N)(=O)=O. The van der Waals surface area contributed by atoms with Crippen LogP contribution in [0.3, 0.4) is 0 Å². The van der Waals surface area contributed by atoms with Crippen molar-refractivity contribution in [3.63, 3.8) is 0 Å². The van der Waals surface area contributed by atoms with Gasteiger partial charge >= 0.3 is 0 Å². The molecule has 0 amide bonds. The lowest BCUT2D eigenvalue weighted by atomic mass is 9.89. The third-order valence-corrected chi connectivity index (χ3v) is 4.62. The third-order valence-electron chi connectivity index (χ3n) is 3.64. The first-order chi connectivity index (χ1) is 8.97. The summed E-state index contributed by atoms with van der Waals surface area (Å²) in [5, 5.41) is 8.39. The summed E-state index contributed by atoms with van der Waals surface area (Å²) >= 11 is 0. The zero-order chi connectivity index (χ0) is 13.9. The molecule has 6 heteroatoms. The number of primary sulfonamides is 1. The summed E-state index contributed by atoms with van der Waals surface area (Å²) in [5.74, 6) is 0.702. The molecule has 1 saturated carbocycles. The van der Waals surface area contributed by atoms with Crippen molar-refractivity contribution in [2.75, 3.05) is 17.6 Å². The van der Waals surface area contributed by atoms with Crippen LogP contribution in [0.15, 0.2) is 23.1 Å². The zero-order valence-electron chi connectivity index (χ0n) is 10.9. The predicted octanol–water partition coefficient (Wildman–Crippen LogP) is 1.91. The van der Waals surface area contributed by atoms with E-state index in [0.717, 1.165) is 12.2 Å². The maximum Gasteiger partial charge on any atom is 0.240 e. The highest BCUT2D eigenvalue weighted by Crippen LogP contribution is 2.25. The van der Waals surface area contributed by atoms with Crippen molar-refractivity contribution in [3.05, 3.63) is 18.2 Å². The lowest BCUT2D eigenvalue weighted by Crippen LogP contribution is -2.18. The van der Waals surface area contributed by atoms with E-state index >= 15 is 0 Å². The van der Waals surface area contributed by atoms with Crippen molar-refractivity contribution in [2.24, 2.45) is 11.1 Å². The molecular formula is C13H21N3O2S. The van der Waals surface area contributed by atoms with Gasteiger partial charge in [-0.2, -0.15) is 0 Å². The van der Waals surface area contributed by atoms with Crippen LogP contribution in [0, 0.1) is 5.92 Å². The number of hydrogen-bond donors (Lipinski definition) is 3. The maximum atomic E-state index is 11.2. The molecule has 0 atom stereocenters. The second kappa shape index (κ2) is 5.79. The Bertz CT molecular complexity index is 537. The summed E-state index contributed by atoms with van der Waals surface area (Å²) in [4.78, 5) is -0.0179. The molecule has 0 radical (unpaired) electrons. The number of anilines is 2. The van der Waals surface area contributed by atoms with E-state index in [-0.39, 0.29) is 10.6 Å². The van der Waals surface area contributed by atoms with Gasteiger partial charge < -0.3 is 11.1 Å². The monoisotopic (exact) mass is 283 g/mol. The first-order valence-electron chi connectivity index (χ1n) is 6.63. The molecule has 1 aromatic rings. The fourth-order valence-electron chi connectivity index (χ4n) is 2.57. The van der Waals surface area contributed by atoms with Gasteiger partial charge in [0.25, 0.3) is 0 Å². The first-order valence-corrected chi connectivity index (χ1v) is 8.17. The number of nitrogens with two attached hydrogens (primary N) is 2. The Morgan fingerprint density at radius 1 is 1.21 bits per heavy atom. The molecule has 1 aliphatic carbocycles. The molecule has 0 unspecified atom stereocenters. The Kier molecular flexibility index (Phi) is 4.31. The van der Waals surface area contributed by atoms with E-state index < -0.39 is 10.0 Å². The molecule has 0 saturated heterocycles. The minimum Gasteiger partial charge on any atom is -0.398 e. The van der Waals surface area contributed by atoms with Crippen LogP contribution in [0.4, 0.5) is 11.4 Å². The molecule has 5 N–H and O–H groups in total. The molecule has 0 aliphatic heterocycles. The number of benzene rings is 1. The third kappa shape index (κ3) is 3.84. The van der Waals surface area contributed by atoms with Gasteiger partial charge in [0.05, 0.1) is 5.69 Å². The number of nitrogen functional groups attached to an aromatic ring is 1. The zero-order valence-corrected chi connectivity index (χ0v) is 11.7. The summed E-state index contributed by atoms with van der Waals surface area (Å²) in [7, 11) is -3.74. The van der Waals surface area contributed by atoms with Gasteiger partial charge in [-0.15, -0.1) is 0 Å². The topological polar surface area (TPSA) is 98.2 Å². The van der Waals surface area contributed by atoms with E-state index in [1.54, 1.807) is 12.1 Å². The van der Waals surface area contributed by atoms with Crippen LogP contribution in [-0.2, 0) is 10.0 Å². The van der Waals surface area contributed by atoms with E-state index in [1.165, 1.54) is 38.2 Å². The van der Waals surface area contributed by atoms with Crippen molar-refractivity contribution in [2.45, 2.75) is 37.0 Å². The van der Waals surface area contributed by atoms with E-state index in [4.69, 9.17) is 10.9 Å². The second-order valence-electron chi connectivity index (χ2n) is 5.18. The summed E-state index contributed by atoms with van der Waals surface area (Å²) in [6.45, 7) is 0.911. The molecule has 1 fully saturated rings. The average Bonchev–Trinajstić information content (AvgIpc) is 2.36. The Hall–Kier alpha value is -1.27. The number of sulfonamides is 1. The molecule has 0 heterocycles. The lowest BCUT2D eigenvalue weighted by molar-refractivity contribution is 0.373. The summed E-state index contributed by atoms with van der Waals surface area (Å²) in [5.41, 5.74) is 6.75. The van der Waals surface area contributed by atoms with Crippen LogP contribution in [-0.4, -0.2) is 15.0 Å². The highest BCUT2D eigenvalue weighted by molar-refractivity contribution is 7.89. The molecule has 1 aromatic carbocycles. The number of rotatable bonds is 4. The van der Waals surface area contributed by atoms with E-state index in [0.29, 0.717) is 5.92 Å². The van der Waals surface area contributed by atoms with Crippen molar-refractivity contribution >= 4 is 21.4 Å². The summed E-state index contributed by atoms with van der Waals surface area (Å²) in [6, 6.07) is 4.79. The summed E-state index contributed by atoms with van der Waals surface area (Å²) < 4.78 is 22.5. The predicted molar refractivity (Wildman–Crippen MR) is 77.3 cm³/mol. The Morgan fingerprint density at radius 2 is 1.89 bits per heavy atom. The molecule has 106 valence electrons. The normalized spacial score (nSPS) is 17.3. The van der Waals surface area contributed by atoms with Gasteiger partial charge in [-0.05, 0) is 37.0 Å². The average molecular weight is 283 g/mol. The van der Waals surface area contributed by atoms with E-state index in [2.05, 4.69) is 5.32 Å². The highest BCUT2D eigenvalue weighted by Gasteiger charge is 2.14. The molecule has 19 heavy (non-hydrogen) atoms. The molecule has 2 rings (SSSR count). The van der Waals surface area contributed by atoms with Crippen LogP contribution in [0.5, 0.6) is 0 Å². The van der Waals surface area contributed by atoms with Crippen LogP contribution in [0.1, 0.15) is 32.1 Å². The van der Waals surface area contributed by atoms with Gasteiger partial charge in [-0.25, -0.2) is 13.6 Å². The molecule has 0 aromatic heterocycles. The van der Waals surface area contributed by atoms with Crippen molar-refractivity contribution in [1.29, 1.82) is 0 Å². The second-order valence-corrected chi connectivity index (χ2v) is 6.71. The van der Waals surface area contributed by atoms with Crippen LogP contribution in [0.2, 0.25) is 0 Å². The molecule has 0 spiro atoms. The minimum atomic E-state index is -3.74. The van der Waals surface area contributed by atoms with E-state index in [9.17, 15) is 8.42 Å². The minimum absolute atomic E-state index is 0.0179. The molecule has 5 nitrogen and oxygen atoms in total. The Morgan fingerprint density at radius 3 is 2.47 bits per heavy atom. The Balaban J connectivity index is 2.00. The van der Waals surface area contributed by atoms with Gasteiger partial charge in [0.2, 0.25) is 10.0 Å². The quantitative estimate of drug-likeness (QED) is 0.735. The number of hydrogen-bond acceptors (Lipinski definition) is 4. The van der Waals surface area contributed by atoms with Crippen molar-refractivity contribution < 1.29 is 8.42 Å². The van der Waals surface area contributed by atoms with Crippen LogP contribution in [0.25, 0.3) is 0 Å². The standard InChI is InChI=1S/C13H21N3O2S/c14-12-8-11(6-7-13(12)19(15,17)18)16-9-10-4-2-1-3-5-10/h6-8,10,16H,1-5,9,14H2,(H2,15,17,18). The van der Waals surface area contributed by atoms with Crippen molar-refractivity contribution in [1.82, 2.24) is 0 Å². The molecule has 0 bridgehead atoms. The smallest absolute Gasteiger partial charge is 0.240 e. The van der Waals surface area contributed by atoms with Gasteiger partial charge in [0, 0.05) is 12.2 Å². The Labute approximate surface area is 114 Å². The van der Waals surface area contributed by atoms with Crippen LogP contribution >= 0.6 is 0 Å². The summed E-state index contributed by atoms with van der Waals surface area (Å²) in [6.07, 6.45) is 6.47. The lowest BCUT2D eigenvalue weighted by Gasteiger charge is -2.22. The van der Waals surface area contributed by atoms with E-state index in [1.807, 2.05) is 0 Å². The largest absolute Gasteiger partial charge is 0.398 e. The first kappa shape index (κ1) is 14.1. The highest BCUT2D eigenvalue weighted by atomic mass is 32.2.